The van der Waals surface area contributed by atoms with Crippen molar-refractivity contribution >= 4 is 21.4 Å². The first-order valence-electron chi connectivity index (χ1n) is 5.50. The zero-order chi connectivity index (χ0) is 11.7. The Labute approximate surface area is 104 Å². The molecule has 0 fully saturated rings. The minimum Gasteiger partial charge on any atom is -0.496 e. The molecule has 0 aliphatic rings. The molecule has 0 amide bonds. The molecule has 0 spiro atoms. The number of para-hydroxylation sites is 1. The van der Waals surface area contributed by atoms with E-state index in [9.17, 15) is 0 Å². The molecule has 0 unspecified atom stereocenters. The molecule has 3 rings (SSSR count). The lowest BCUT2D eigenvalue weighted by atomic mass is 10.1. The second-order valence-electron chi connectivity index (χ2n) is 3.85. The monoisotopic (exact) mass is 240 g/mol. The molecule has 0 atom stereocenters. The highest BCUT2D eigenvalue weighted by molar-refractivity contribution is 7.22. The minimum atomic E-state index is 0.930. The quantitative estimate of drug-likeness (QED) is 0.637. The van der Waals surface area contributed by atoms with Gasteiger partial charge in [0, 0.05) is 15.1 Å². The summed E-state index contributed by atoms with van der Waals surface area (Å²) >= 11 is 1.80. The average Bonchev–Trinajstić information content (AvgIpc) is 2.82. The van der Waals surface area contributed by atoms with Crippen molar-refractivity contribution in [2.75, 3.05) is 7.11 Å². The van der Waals surface area contributed by atoms with Crippen LogP contribution in [0.25, 0.3) is 20.5 Å². The van der Waals surface area contributed by atoms with Crippen molar-refractivity contribution in [3.05, 3.63) is 54.6 Å². The van der Waals surface area contributed by atoms with Crippen molar-refractivity contribution in [2.45, 2.75) is 0 Å². The molecule has 2 heteroatoms. The van der Waals surface area contributed by atoms with Crippen LogP contribution in [0.3, 0.4) is 0 Å². The summed E-state index contributed by atoms with van der Waals surface area (Å²) in [5.41, 5.74) is 1.16. The fourth-order valence-electron chi connectivity index (χ4n) is 1.96. The average molecular weight is 240 g/mol. The van der Waals surface area contributed by atoms with Crippen LogP contribution in [0.15, 0.2) is 54.6 Å². The van der Waals surface area contributed by atoms with Gasteiger partial charge in [0.1, 0.15) is 5.75 Å². The highest BCUT2D eigenvalue weighted by atomic mass is 32.1. The summed E-state index contributed by atoms with van der Waals surface area (Å²) in [4.78, 5) is 1.25. The van der Waals surface area contributed by atoms with E-state index in [1.165, 1.54) is 15.0 Å². The number of thiophene rings is 1. The van der Waals surface area contributed by atoms with Crippen LogP contribution >= 0.6 is 11.3 Å². The molecule has 3 aromatic rings. The maximum Gasteiger partial charge on any atom is 0.127 e. The van der Waals surface area contributed by atoms with Gasteiger partial charge in [-0.15, -0.1) is 11.3 Å². The van der Waals surface area contributed by atoms with Crippen molar-refractivity contribution in [1.29, 1.82) is 0 Å². The molecule has 1 aromatic heterocycles. The van der Waals surface area contributed by atoms with Crippen LogP contribution in [0, 0.1) is 0 Å². The zero-order valence-electron chi connectivity index (χ0n) is 9.51. The van der Waals surface area contributed by atoms with E-state index >= 15 is 0 Å². The highest BCUT2D eigenvalue weighted by Gasteiger charge is 2.08. The Hall–Kier alpha value is -1.80. The molecular weight excluding hydrogens is 228 g/mol. The molecule has 0 saturated heterocycles. The van der Waals surface area contributed by atoms with Crippen LogP contribution in [0.2, 0.25) is 0 Å². The SMILES string of the molecule is COc1ccccc1-c1cc2ccccc2s1. The minimum absolute atomic E-state index is 0.930. The van der Waals surface area contributed by atoms with Crippen molar-refractivity contribution in [1.82, 2.24) is 0 Å². The third-order valence-corrected chi connectivity index (χ3v) is 3.95. The first kappa shape index (κ1) is 10.4. The molecule has 0 N–H and O–H groups in total. The predicted octanol–water partition coefficient (Wildman–Crippen LogP) is 4.58. The molecular formula is C15H12OS. The van der Waals surface area contributed by atoms with Crippen LogP contribution in [0.1, 0.15) is 0 Å². The largest absolute Gasteiger partial charge is 0.496 e. The Bertz CT molecular complexity index is 622. The third-order valence-electron chi connectivity index (χ3n) is 2.80. The van der Waals surface area contributed by atoms with E-state index < -0.39 is 0 Å². The van der Waals surface area contributed by atoms with Gasteiger partial charge in [-0.2, -0.15) is 0 Å². The summed E-state index contributed by atoms with van der Waals surface area (Å²) < 4.78 is 6.72. The molecule has 0 aliphatic heterocycles. The first-order chi connectivity index (χ1) is 8.38. The Kier molecular flexibility index (Phi) is 2.57. The summed E-state index contributed by atoms with van der Waals surface area (Å²) in [6.07, 6.45) is 0. The van der Waals surface area contributed by atoms with Gasteiger partial charge >= 0.3 is 0 Å². The number of methoxy groups -OCH3 is 1. The van der Waals surface area contributed by atoms with Crippen LogP contribution in [-0.2, 0) is 0 Å². The smallest absolute Gasteiger partial charge is 0.127 e. The molecule has 1 nitrogen and oxygen atoms in total. The molecule has 17 heavy (non-hydrogen) atoms. The summed E-state index contributed by atoms with van der Waals surface area (Å²) in [6, 6.07) is 18.8. The maximum atomic E-state index is 5.40. The van der Waals surface area contributed by atoms with Crippen molar-refractivity contribution in [3.8, 4) is 16.2 Å². The van der Waals surface area contributed by atoms with Crippen molar-refractivity contribution in [3.63, 3.8) is 0 Å². The summed E-state index contributed by atoms with van der Waals surface area (Å²) in [5.74, 6) is 0.930. The lowest BCUT2D eigenvalue weighted by Gasteiger charge is -2.05. The summed E-state index contributed by atoms with van der Waals surface area (Å²) in [5, 5.41) is 1.29. The first-order valence-corrected chi connectivity index (χ1v) is 6.32. The molecule has 84 valence electrons. The van der Waals surface area contributed by atoms with E-state index in [1.807, 2.05) is 18.2 Å². The molecule has 0 aliphatic carbocycles. The van der Waals surface area contributed by atoms with Crippen molar-refractivity contribution in [2.24, 2.45) is 0 Å². The van der Waals surface area contributed by atoms with Crippen molar-refractivity contribution < 1.29 is 4.74 Å². The van der Waals surface area contributed by atoms with E-state index in [0.29, 0.717) is 0 Å². The normalized spacial score (nSPS) is 10.6. The second-order valence-corrected chi connectivity index (χ2v) is 4.93. The Balaban J connectivity index is 2.20. The van der Waals surface area contributed by atoms with Gasteiger partial charge in [-0.3, -0.25) is 0 Å². The fraction of sp³-hybridized carbons (Fsp3) is 0.0667. The number of ether oxygens (including phenoxy) is 1. The number of hydrogen-bond donors (Lipinski definition) is 0. The fourth-order valence-corrected chi connectivity index (χ4v) is 3.06. The Morgan fingerprint density at radius 2 is 1.71 bits per heavy atom. The van der Waals surface area contributed by atoms with E-state index in [1.54, 1.807) is 18.4 Å². The van der Waals surface area contributed by atoms with Gasteiger partial charge in [0.2, 0.25) is 0 Å². The summed E-state index contributed by atoms with van der Waals surface area (Å²) in [6.45, 7) is 0. The van der Waals surface area contributed by atoms with Crippen LogP contribution in [-0.4, -0.2) is 7.11 Å². The third kappa shape index (κ3) is 1.81. The van der Waals surface area contributed by atoms with Crippen LogP contribution < -0.4 is 4.74 Å². The van der Waals surface area contributed by atoms with Gasteiger partial charge in [-0.1, -0.05) is 30.3 Å². The van der Waals surface area contributed by atoms with Crippen LogP contribution in [0.5, 0.6) is 5.75 Å². The topological polar surface area (TPSA) is 9.23 Å². The van der Waals surface area contributed by atoms with E-state index in [0.717, 1.165) is 11.3 Å². The van der Waals surface area contributed by atoms with Gasteiger partial charge in [0.25, 0.3) is 0 Å². The van der Waals surface area contributed by atoms with Gasteiger partial charge in [-0.25, -0.2) is 0 Å². The standard InChI is InChI=1S/C15H12OS/c1-16-13-8-4-3-7-12(13)15-10-11-6-2-5-9-14(11)17-15/h2-10H,1H3. The molecule has 2 aromatic carbocycles. The van der Waals surface area contributed by atoms with E-state index in [2.05, 4.69) is 36.4 Å². The molecule has 0 radical (unpaired) electrons. The molecule has 0 saturated carbocycles. The summed E-state index contributed by atoms with van der Waals surface area (Å²) in [7, 11) is 1.71. The predicted molar refractivity (Wildman–Crippen MR) is 73.8 cm³/mol. The van der Waals surface area contributed by atoms with E-state index in [-0.39, 0.29) is 0 Å². The Morgan fingerprint density at radius 3 is 2.53 bits per heavy atom. The van der Waals surface area contributed by atoms with Gasteiger partial charge in [0.15, 0.2) is 0 Å². The van der Waals surface area contributed by atoms with Gasteiger partial charge in [-0.05, 0) is 29.7 Å². The van der Waals surface area contributed by atoms with E-state index in [4.69, 9.17) is 4.74 Å². The lowest BCUT2D eigenvalue weighted by molar-refractivity contribution is 0.416. The number of hydrogen-bond acceptors (Lipinski definition) is 2. The lowest BCUT2D eigenvalue weighted by Crippen LogP contribution is -1.84. The van der Waals surface area contributed by atoms with Gasteiger partial charge < -0.3 is 4.74 Å². The highest BCUT2D eigenvalue weighted by Crippen LogP contribution is 2.37. The second kappa shape index (κ2) is 4.22. The maximum absolute atomic E-state index is 5.40. The number of fused-ring (bicyclic) bond motifs is 1. The Morgan fingerprint density at radius 1 is 0.941 bits per heavy atom. The number of rotatable bonds is 2. The molecule has 1 heterocycles. The van der Waals surface area contributed by atoms with Gasteiger partial charge in [0.05, 0.1) is 7.11 Å². The zero-order valence-corrected chi connectivity index (χ0v) is 10.3. The number of benzene rings is 2. The van der Waals surface area contributed by atoms with Crippen LogP contribution in [0.4, 0.5) is 0 Å². The molecule has 0 bridgehead atoms.